The average Bonchev–Trinajstić information content (AvgIpc) is 3.25. The maximum atomic E-state index is 12.8. The van der Waals surface area contributed by atoms with Crippen molar-refractivity contribution < 1.29 is 22.7 Å². The first kappa shape index (κ1) is 23.7. The summed E-state index contributed by atoms with van der Waals surface area (Å²) in [5, 5.41) is 5.53. The molecule has 0 saturated carbocycles. The Bertz CT molecular complexity index is 1090. The lowest BCUT2D eigenvalue weighted by Gasteiger charge is -2.24. The molecule has 172 valence electrons. The summed E-state index contributed by atoms with van der Waals surface area (Å²) < 4.78 is 31.5. The molecule has 1 heterocycles. The van der Waals surface area contributed by atoms with Crippen LogP contribution in [0.2, 0.25) is 0 Å². The Balaban J connectivity index is 1.74. The molecule has 32 heavy (non-hydrogen) atoms. The Kier molecular flexibility index (Phi) is 7.52. The fraction of sp³-hybridized carbons (Fsp3) is 0.391. The van der Waals surface area contributed by atoms with Gasteiger partial charge in [-0.25, -0.2) is 8.42 Å². The van der Waals surface area contributed by atoms with E-state index in [1.54, 1.807) is 37.3 Å². The number of aryl methyl sites for hydroxylation is 2. The van der Waals surface area contributed by atoms with Crippen molar-refractivity contribution in [1.29, 1.82) is 0 Å². The Hall–Kier alpha value is -2.91. The summed E-state index contributed by atoms with van der Waals surface area (Å²) in [5.41, 5.74) is 2.69. The van der Waals surface area contributed by atoms with E-state index in [0.717, 1.165) is 34.5 Å². The molecule has 0 bridgehead atoms. The number of carbonyl (C=O) groups is 2. The normalized spacial score (nSPS) is 15.9. The summed E-state index contributed by atoms with van der Waals surface area (Å²) >= 11 is 0. The number of hydrogen-bond acceptors (Lipinski definition) is 5. The first-order valence-electron chi connectivity index (χ1n) is 10.5. The van der Waals surface area contributed by atoms with Crippen molar-refractivity contribution >= 4 is 33.2 Å². The summed E-state index contributed by atoms with van der Waals surface area (Å²) in [6, 6.07) is 12.1. The number of para-hydroxylation sites is 1. The zero-order valence-corrected chi connectivity index (χ0v) is 19.4. The van der Waals surface area contributed by atoms with Crippen molar-refractivity contribution in [1.82, 2.24) is 5.32 Å². The predicted molar refractivity (Wildman–Crippen MR) is 124 cm³/mol. The number of rotatable bonds is 8. The average molecular weight is 460 g/mol. The van der Waals surface area contributed by atoms with E-state index in [9.17, 15) is 18.0 Å². The lowest BCUT2D eigenvalue weighted by molar-refractivity contribution is -0.114. The van der Waals surface area contributed by atoms with Gasteiger partial charge in [-0.3, -0.25) is 13.9 Å². The maximum absolute atomic E-state index is 12.8. The van der Waals surface area contributed by atoms with Crippen molar-refractivity contribution in [3.63, 3.8) is 0 Å². The summed E-state index contributed by atoms with van der Waals surface area (Å²) in [6.45, 7) is 4.34. The van der Waals surface area contributed by atoms with Crippen LogP contribution >= 0.6 is 0 Å². The standard InChI is InChI=1S/C23H29N3O5S/c1-16-10-11-17(2)21(13-16)26(32(3,29)30)15-22(27)25-20-9-5-4-8-19(20)23(28)24-14-18-7-6-12-31-18/h4-5,8-11,13,18H,6-7,12,14-15H2,1-3H3,(H,24,28)(H,25,27). The van der Waals surface area contributed by atoms with Crippen molar-refractivity contribution in [2.75, 3.05) is 35.6 Å². The molecule has 1 fully saturated rings. The minimum atomic E-state index is -3.71. The molecule has 0 aromatic heterocycles. The third-order valence-electron chi connectivity index (χ3n) is 5.28. The van der Waals surface area contributed by atoms with Crippen LogP contribution in [0.5, 0.6) is 0 Å². The predicted octanol–water partition coefficient (Wildman–Crippen LogP) is 2.62. The van der Waals surface area contributed by atoms with Crippen LogP contribution in [0.3, 0.4) is 0 Å². The van der Waals surface area contributed by atoms with Gasteiger partial charge in [-0.15, -0.1) is 0 Å². The maximum Gasteiger partial charge on any atom is 0.253 e. The molecule has 1 atom stereocenters. The summed E-state index contributed by atoms with van der Waals surface area (Å²) in [5.74, 6) is -0.874. The second kappa shape index (κ2) is 10.1. The second-order valence-electron chi connectivity index (χ2n) is 8.00. The molecule has 1 aliphatic heterocycles. The molecular formula is C23H29N3O5S. The number of benzene rings is 2. The summed E-state index contributed by atoms with van der Waals surface area (Å²) in [6.07, 6.45) is 2.94. The van der Waals surface area contributed by atoms with Gasteiger partial charge in [-0.2, -0.15) is 0 Å². The smallest absolute Gasteiger partial charge is 0.253 e. The van der Waals surface area contributed by atoms with Gasteiger partial charge in [0.2, 0.25) is 15.9 Å². The molecule has 0 aliphatic carbocycles. The highest BCUT2D eigenvalue weighted by Gasteiger charge is 2.24. The third kappa shape index (κ3) is 6.08. The van der Waals surface area contributed by atoms with E-state index in [4.69, 9.17) is 4.74 Å². The summed E-state index contributed by atoms with van der Waals surface area (Å²) in [4.78, 5) is 25.5. The number of nitrogens with one attached hydrogen (secondary N) is 2. The van der Waals surface area contributed by atoms with E-state index in [2.05, 4.69) is 10.6 Å². The Morgan fingerprint density at radius 2 is 1.91 bits per heavy atom. The fourth-order valence-corrected chi connectivity index (χ4v) is 4.49. The van der Waals surface area contributed by atoms with Crippen LogP contribution in [-0.2, 0) is 19.6 Å². The van der Waals surface area contributed by atoms with E-state index in [-0.39, 0.29) is 12.0 Å². The van der Waals surface area contributed by atoms with Crippen molar-refractivity contribution in [3.8, 4) is 0 Å². The van der Waals surface area contributed by atoms with Gasteiger partial charge in [-0.1, -0.05) is 24.3 Å². The number of amides is 2. The Morgan fingerprint density at radius 1 is 1.16 bits per heavy atom. The third-order valence-corrected chi connectivity index (χ3v) is 6.41. The van der Waals surface area contributed by atoms with Gasteiger partial charge in [-0.05, 0) is 56.0 Å². The highest BCUT2D eigenvalue weighted by molar-refractivity contribution is 7.92. The molecule has 2 aromatic carbocycles. The topological polar surface area (TPSA) is 105 Å². The van der Waals surface area contributed by atoms with Gasteiger partial charge in [0, 0.05) is 13.2 Å². The second-order valence-corrected chi connectivity index (χ2v) is 9.91. The number of hydrogen-bond donors (Lipinski definition) is 2. The molecule has 0 spiro atoms. The lowest BCUT2D eigenvalue weighted by atomic mass is 10.1. The SMILES string of the molecule is Cc1ccc(C)c(N(CC(=O)Nc2ccccc2C(=O)NCC2CCCO2)S(C)(=O)=O)c1. The van der Waals surface area contributed by atoms with Gasteiger partial charge in [0.15, 0.2) is 0 Å². The number of anilines is 2. The van der Waals surface area contributed by atoms with Crippen molar-refractivity contribution in [3.05, 3.63) is 59.2 Å². The zero-order valence-electron chi connectivity index (χ0n) is 18.6. The van der Waals surface area contributed by atoms with Gasteiger partial charge >= 0.3 is 0 Å². The molecule has 2 amide bonds. The van der Waals surface area contributed by atoms with Gasteiger partial charge in [0.1, 0.15) is 6.54 Å². The molecule has 1 aliphatic rings. The first-order valence-corrected chi connectivity index (χ1v) is 12.3. The molecule has 1 saturated heterocycles. The van der Waals surface area contributed by atoms with Gasteiger partial charge in [0.05, 0.1) is 29.3 Å². The van der Waals surface area contributed by atoms with Crippen LogP contribution in [0.1, 0.15) is 34.3 Å². The zero-order chi connectivity index (χ0) is 23.3. The van der Waals surface area contributed by atoms with Crippen LogP contribution in [0.25, 0.3) is 0 Å². The van der Waals surface area contributed by atoms with E-state index in [1.807, 2.05) is 19.1 Å². The molecule has 2 aromatic rings. The monoisotopic (exact) mass is 459 g/mol. The van der Waals surface area contributed by atoms with E-state index in [1.165, 1.54) is 0 Å². The highest BCUT2D eigenvalue weighted by atomic mass is 32.2. The number of ether oxygens (including phenoxy) is 1. The Morgan fingerprint density at radius 3 is 2.59 bits per heavy atom. The molecular weight excluding hydrogens is 430 g/mol. The minimum Gasteiger partial charge on any atom is -0.376 e. The molecule has 9 heteroatoms. The minimum absolute atomic E-state index is 0.00147. The quantitative estimate of drug-likeness (QED) is 0.631. The van der Waals surface area contributed by atoms with E-state index in [0.29, 0.717) is 30.1 Å². The molecule has 8 nitrogen and oxygen atoms in total. The first-order chi connectivity index (χ1) is 15.1. The van der Waals surface area contributed by atoms with E-state index < -0.39 is 22.5 Å². The summed E-state index contributed by atoms with van der Waals surface area (Å²) in [7, 11) is -3.71. The van der Waals surface area contributed by atoms with Crippen LogP contribution in [0.4, 0.5) is 11.4 Å². The molecule has 2 N–H and O–H groups in total. The molecule has 0 radical (unpaired) electrons. The number of carbonyl (C=O) groups excluding carboxylic acids is 2. The van der Waals surface area contributed by atoms with E-state index >= 15 is 0 Å². The molecule has 3 rings (SSSR count). The van der Waals surface area contributed by atoms with Gasteiger partial charge in [0.25, 0.3) is 5.91 Å². The fourth-order valence-electron chi connectivity index (χ4n) is 3.59. The van der Waals surface area contributed by atoms with Crippen molar-refractivity contribution in [2.45, 2.75) is 32.8 Å². The van der Waals surface area contributed by atoms with Crippen LogP contribution in [-0.4, -0.2) is 52.3 Å². The van der Waals surface area contributed by atoms with Crippen molar-refractivity contribution in [2.24, 2.45) is 0 Å². The molecule has 1 unspecified atom stereocenters. The number of sulfonamides is 1. The Labute approximate surface area is 189 Å². The van der Waals surface area contributed by atoms with Crippen LogP contribution < -0.4 is 14.9 Å². The van der Waals surface area contributed by atoms with Gasteiger partial charge < -0.3 is 15.4 Å². The number of nitrogens with zero attached hydrogens (tertiary/aromatic N) is 1. The highest BCUT2D eigenvalue weighted by Crippen LogP contribution is 2.24. The van der Waals surface area contributed by atoms with Crippen LogP contribution in [0.15, 0.2) is 42.5 Å². The lowest BCUT2D eigenvalue weighted by Crippen LogP contribution is -2.38. The largest absolute Gasteiger partial charge is 0.376 e. The van der Waals surface area contributed by atoms with Crippen LogP contribution in [0, 0.1) is 13.8 Å².